The van der Waals surface area contributed by atoms with Crippen molar-refractivity contribution >= 4 is 21.7 Å². The van der Waals surface area contributed by atoms with Crippen LogP contribution < -0.4 is 15.4 Å². The van der Waals surface area contributed by atoms with Crippen LogP contribution in [0.15, 0.2) is 23.2 Å². The van der Waals surface area contributed by atoms with Gasteiger partial charge in [-0.15, -0.1) is 0 Å². The van der Waals surface area contributed by atoms with Crippen LogP contribution in [-0.4, -0.2) is 38.4 Å². The lowest BCUT2D eigenvalue weighted by Gasteiger charge is -2.14. The van der Waals surface area contributed by atoms with Crippen LogP contribution in [0.25, 0.3) is 0 Å². The molecule has 0 bridgehead atoms. The maximum atomic E-state index is 12.1. The van der Waals surface area contributed by atoms with Gasteiger partial charge in [0.2, 0.25) is 15.9 Å². The van der Waals surface area contributed by atoms with Gasteiger partial charge in [-0.05, 0) is 31.9 Å². The first-order valence-corrected chi connectivity index (χ1v) is 7.87. The van der Waals surface area contributed by atoms with Crippen LogP contribution >= 0.6 is 0 Å². The van der Waals surface area contributed by atoms with E-state index >= 15 is 0 Å². The summed E-state index contributed by atoms with van der Waals surface area (Å²) in [5, 5.41) is 5.56. The van der Waals surface area contributed by atoms with Crippen molar-refractivity contribution in [3.05, 3.63) is 18.3 Å². The fourth-order valence-corrected chi connectivity index (χ4v) is 2.74. The lowest BCUT2D eigenvalue weighted by atomic mass is 10.3. The van der Waals surface area contributed by atoms with E-state index in [4.69, 9.17) is 0 Å². The first kappa shape index (κ1) is 14.7. The lowest BCUT2D eigenvalue weighted by Crippen LogP contribution is -2.45. The number of carbonyl (C=O) groups excluding carboxylic acids is 1. The quantitative estimate of drug-likeness (QED) is 0.690. The molecule has 8 heteroatoms. The molecule has 20 heavy (non-hydrogen) atoms. The normalized spacial score (nSPS) is 16.5. The third-order valence-corrected chi connectivity index (χ3v) is 4.48. The molecule has 110 valence electrons. The van der Waals surface area contributed by atoms with Gasteiger partial charge in [0.05, 0.1) is 6.04 Å². The van der Waals surface area contributed by atoms with Crippen molar-refractivity contribution in [2.45, 2.75) is 36.7 Å². The minimum absolute atomic E-state index is 0.0302. The number of aromatic nitrogens is 1. The van der Waals surface area contributed by atoms with Gasteiger partial charge in [-0.25, -0.2) is 13.4 Å². The number of nitrogens with zero attached hydrogens (tertiary/aromatic N) is 1. The molecule has 1 fully saturated rings. The van der Waals surface area contributed by atoms with E-state index < -0.39 is 16.1 Å². The van der Waals surface area contributed by atoms with E-state index in [1.54, 1.807) is 13.1 Å². The van der Waals surface area contributed by atoms with Crippen LogP contribution in [0.3, 0.4) is 0 Å². The van der Waals surface area contributed by atoms with Gasteiger partial charge in [0.25, 0.3) is 0 Å². The number of pyridine rings is 1. The molecule has 0 spiro atoms. The van der Waals surface area contributed by atoms with E-state index in [-0.39, 0.29) is 16.8 Å². The molecule has 7 nitrogen and oxygen atoms in total. The average molecular weight is 298 g/mol. The molecule has 1 aromatic rings. The number of anilines is 1. The zero-order chi connectivity index (χ0) is 14.8. The Bertz CT molecular complexity index is 581. The predicted molar refractivity (Wildman–Crippen MR) is 74.7 cm³/mol. The molecule has 0 aromatic carbocycles. The Morgan fingerprint density at radius 3 is 2.60 bits per heavy atom. The summed E-state index contributed by atoms with van der Waals surface area (Å²) >= 11 is 0. The molecule has 2 rings (SSSR count). The van der Waals surface area contributed by atoms with Crippen molar-refractivity contribution in [1.82, 2.24) is 15.0 Å². The molecule has 1 aromatic heterocycles. The Hall–Kier alpha value is -1.67. The minimum atomic E-state index is -3.75. The van der Waals surface area contributed by atoms with Gasteiger partial charge in [-0.3, -0.25) is 4.79 Å². The molecule has 1 atom stereocenters. The monoisotopic (exact) mass is 298 g/mol. The molecular formula is C12H18N4O3S. The number of carbonyl (C=O) groups is 1. The Balaban J connectivity index is 2.03. The minimum Gasteiger partial charge on any atom is -0.373 e. The summed E-state index contributed by atoms with van der Waals surface area (Å²) in [6, 6.07) is 2.38. The highest BCUT2D eigenvalue weighted by Gasteiger charge is 2.28. The third kappa shape index (κ3) is 3.67. The Morgan fingerprint density at radius 1 is 1.40 bits per heavy atom. The van der Waals surface area contributed by atoms with Crippen molar-refractivity contribution in [2.24, 2.45) is 0 Å². The molecule has 1 saturated carbocycles. The number of amides is 1. The molecular weight excluding hydrogens is 280 g/mol. The third-order valence-electron chi connectivity index (χ3n) is 2.95. The first-order chi connectivity index (χ1) is 9.42. The number of hydrogen-bond donors (Lipinski definition) is 3. The summed E-state index contributed by atoms with van der Waals surface area (Å²) in [6.07, 6.45) is 3.17. The summed E-state index contributed by atoms with van der Waals surface area (Å²) in [5.74, 6) is 0.263. The van der Waals surface area contributed by atoms with Gasteiger partial charge in [-0.2, -0.15) is 4.72 Å². The van der Waals surface area contributed by atoms with Gasteiger partial charge in [-0.1, -0.05) is 0 Å². The molecule has 1 unspecified atom stereocenters. The molecule has 0 radical (unpaired) electrons. The van der Waals surface area contributed by atoms with Crippen LogP contribution in [0.5, 0.6) is 0 Å². The van der Waals surface area contributed by atoms with E-state index in [2.05, 4.69) is 20.3 Å². The molecule has 1 aliphatic rings. The van der Waals surface area contributed by atoms with Crippen molar-refractivity contribution < 1.29 is 13.2 Å². The van der Waals surface area contributed by atoms with Crippen molar-refractivity contribution in [3.8, 4) is 0 Å². The summed E-state index contributed by atoms with van der Waals surface area (Å²) in [6.45, 7) is 1.52. The van der Waals surface area contributed by atoms with Gasteiger partial charge >= 0.3 is 0 Å². The van der Waals surface area contributed by atoms with E-state index in [0.717, 1.165) is 12.8 Å². The fourth-order valence-electron chi connectivity index (χ4n) is 1.60. The maximum absolute atomic E-state index is 12.1. The zero-order valence-electron chi connectivity index (χ0n) is 11.4. The Morgan fingerprint density at radius 2 is 2.10 bits per heavy atom. The molecule has 1 heterocycles. The predicted octanol–water partition coefficient (Wildman–Crippen LogP) is 0.0687. The SMILES string of the molecule is CNc1ccc(S(=O)(=O)NC(C)C(=O)NC2CC2)cn1. The molecule has 1 amide bonds. The van der Waals surface area contributed by atoms with Crippen molar-refractivity contribution in [2.75, 3.05) is 12.4 Å². The van der Waals surface area contributed by atoms with E-state index in [1.807, 2.05) is 0 Å². The molecule has 0 aliphatic heterocycles. The van der Waals surface area contributed by atoms with Gasteiger partial charge in [0.15, 0.2) is 0 Å². The topological polar surface area (TPSA) is 100 Å². The number of rotatable bonds is 6. The molecule has 1 aliphatic carbocycles. The summed E-state index contributed by atoms with van der Waals surface area (Å²) in [7, 11) is -2.05. The second kappa shape index (κ2) is 5.76. The first-order valence-electron chi connectivity index (χ1n) is 6.39. The summed E-state index contributed by atoms with van der Waals surface area (Å²) in [4.78, 5) is 15.7. The summed E-state index contributed by atoms with van der Waals surface area (Å²) in [5.41, 5.74) is 0. The van der Waals surface area contributed by atoms with Crippen LogP contribution in [-0.2, 0) is 14.8 Å². The standard InChI is InChI=1S/C12H18N4O3S/c1-8(12(17)15-9-3-4-9)16-20(18,19)10-5-6-11(13-2)14-7-10/h5-9,16H,3-4H2,1-2H3,(H,13,14)(H,15,17). The lowest BCUT2D eigenvalue weighted by molar-refractivity contribution is -0.122. The van der Waals surface area contributed by atoms with Gasteiger partial charge in [0.1, 0.15) is 10.7 Å². The van der Waals surface area contributed by atoms with Crippen LogP contribution in [0.1, 0.15) is 19.8 Å². The van der Waals surface area contributed by atoms with E-state index in [0.29, 0.717) is 5.82 Å². The Kier molecular flexibility index (Phi) is 4.24. The van der Waals surface area contributed by atoms with Crippen molar-refractivity contribution in [1.29, 1.82) is 0 Å². The second-order valence-corrected chi connectivity index (χ2v) is 6.47. The highest BCUT2D eigenvalue weighted by atomic mass is 32.2. The number of hydrogen-bond acceptors (Lipinski definition) is 5. The van der Waals surface area contributed by atoms with E-state index in [9.17, 15) is 13.2 Å². The Labute approximate surface area is 118 Å². The van der Waals surface area contributed by atoms with Gasteiger partial charge in [0, 0.05) is 19.3 Å². The maximum Gasteiger partial charge on any atom is 0.242 e. The van der Waals surface area contributed by atoms with Gasteiger partial charge < -0.3 is 10.6 Å². The zero-order valence-corrected chi connectivity index (χ0v) is 12.2. The van der Waals surface area contributed by atoms with Crippen LogP contribution in [0, 0.1) is 0 Å². The smallest absolute Gasteiger partial charge is 0.242 e. The fraction of sp³-hybridized carbons (Fsp3) is 0.500. The van der Waals surface area contributed by atoms with E-state index in [1.165, 1.54) is 19.2 Å². The van der Waals surface area contributed by atoms with Crippen LogP contribution in [0.4, 0.5) is 5.82 Å². The molecule has 3 N–H and O–H groups in total. The highest BCUT2D eigenvalue weighted by Crippen LogP contribution is 2.18. The number of nitrogens with one attached hydrogen (secondary N) is 3. The van der Waals surface area contributed by atoms with Crippen LogP contribution in [0.2, 0.25) is 0 Å². The summed E-state index contributed by atoms with van der Waals surface area (Å²) < 4.78 is 26.5. The number of sulfonamides is 1. The largest absolute Gasteiger partial charge is 0.373 e. The second-order valence-electron chi connectivity index (χ2n) is 4.75. The average Bonchev–Trinajstić information content (AvgIpc) is 3.22. The highest BCUT2D eigenvalue weighted by molar-refractivity contribution is 7.89. The molecule has 0 saturated heterocycles. The van der Waals surface area contributed by atoms with Crippen molar-refractivity contribution in [3.63, 3.8) is 0 Å².